The maximum absolute atomic E-state index is 11.9. The van der Waals surface area contributed by atoms with Gasteiger partial charge in [0, 0.05) is 12.6 Å². The van der Waals surface area contributed by atoms with Crippen LogP contribution < -0.4 is 0 Å². The van der Waals surface area contributed by atoms with Crippen molar-refractivity contribution in [2.45, 2.75) is 26.7 Å². The first-order valence-corrected chi connectivity index (χ1v) is 6.31. The van der Waals surface area contributed by atoms with Crippen LogP contribution >= 0.6 is 0 Å². The van der Waals surface area contributed by atoms with Crippen molar-refractivity contribution in [1.82, 2.24) is 9.78 Å². The molecule has 3 heteroatoms. The van der Waals surface area contributed by atoms with Crippen molar-refractivity contribution in [3.8, 4) is 5.69 Å². The van der Waals surface area contributed by atoms with E-state index in [1.54, 1.807) is 10.7 Å². The third-order valence-corrected chi connectivity index (χ3v) is 2.84. The zero-order valence-electron chi connectivity index (χ0n) is 10.8. The first-order valence-electron chi connectivity index (χ1n) is 6.31. The average Bonchev–Trinajstić information content (AvgIpc) is 2.86. The first kappa shape index (κ1) is 12.6. The SMILES string of the molecule is CC(C)CCC(=O)c1ccn(-c2ccccc2)n1. The standard InChI is InChI=1S/C15H18N2O/c1-12(2)8-9-15(18)14-10-11-17(16-14)13-6-4-3-5-7-13/h3-7,10-12H,8-9H2,1-2H3. The van der Waals surface area contributed by atoms with Gasteiger partial charge in [-0.25, -0.2) is 4.68 Å². The minimum atomic E-state index is 0.124. The Hall–Kier alpha value is -1.90. The molecule has 0 bridgehead atoms. The van der Waals surface area contributed by atoms with Crippen LogP contribution in [0.2, 0.25) is 0 Å². The van der Waals surface area contributed by atoms with Crippen LogP contribution in [0.3, 0.4) is 0 Å². The van der Waals surface area contributed by atoms with Crippen LogP contribution in [-0.4, -0.2) is 15.6 Å². The van der Waals surface area contributed by atoms with E-state index in [4.69, 9.17) is 0 Å². The molecule has 1 heterocycles. The minimum Gasteiger partial charge on any atom is -0.292 e. The van der Waals surface area contributed by atoms with Crippen LogP contribution in [0.25, 0.3) is 5.69 Å². The molecule has 0 unspecified atom stereocenters. The molecule has 0 saturated heterocycles. The number of carbonyl (C=O) groups is 1. The molecule has 2 rings (SSSR count). The second-order valence-electron chi connectivity index (χ2n) is 4.84. The summed E-state index contributed by atoms with van der Waals surface area (Å²) in [7, 11) is 0. The number of Topliss-reactive ketones (excluding diaryl/α,β-unsaturated/α-hetero) is 1. The van der Waals surface area contributed by atoms with E-state index in [0.29, 0.717) is 18.0 Å². The highest BCUT2D eigenvalue weighted by molar-refractivity contribution is 5.94. The molecule has 3 nitrogen and oxygen atoms in total. The Bertz CT molecular complexity index is 514. The molecule has 0 fully saturated rings. The monoisotopic (exact) mass is 242 g/mol. The molecule has 94 valence electrons. The van der Waals surface area contributed by atoms with Gasteiger partial charge in [0.15, 0.2) is 5.78 Å². The highest BCUT2D eigenvalue weighted by atomic mass is 16.1. The van der Waals surface area contributed by atoms with Gasteiger partial charge >= 0.3 is 0 Å². The van der Waals surface area contributed by atoms with E-state index >= 15 is 0 Å². The Morgan fingerprint density at radius 3 is 2.61 bits per heavy atom. The minimum absolute atomic E-state index is 0.124. The van der Waals surface area contributed by atoms with Crippen LogP contribution in [-0.2, 0) is 0 Å². The van der Waals surface area contributed by atoms with Gasteiger partial charge in [0.1, 0.15) is 5.69 Å². The number of ketones is 1. The Kier molecular flexibility index (Phi) is 3.92. The molecule has 0 saturated carbocycles. The summed E-state index contributed by atoms with van der Waals surface area (Å²) >= 11 is 0. The lowest BCUT2D eigenvalue weighted by molar-refractivity contribution is 0.0970. The van der Waals surface area contributed by atoms with E-state index in [1.807, 2.05) is 36.5 Å². The highest BCUT2D eigenvalue weighted by Gasteiger charge is 2.10. The molecule has 0 aliphatic carbocycles. The molecule has 2 aromatic rings. The summed E-state index contributed by atoms with van der Waals surface area (Å²) in [6, 6.07) is 11.6. The number of hydrogen-bond acceptors (Lipinski definition) is 2. The third kappa shape index (κ3) is 3.06. The molecule has 0 atom stereocenters. The molecule has 1 aromatic heterocycles. The van der Waals surface area contributed by atoms with Crippen molar-refractivity contribution >= 4 is 5.78 Å². The van der Waals surface area contributed by atoms with E-state index in [0.717, 1.165) is 12.1 Å². The van der Waals surface area contributed by atoms with Crippen LogP contribution in [0.5, 0.6) is 0 Å². The summed E-state index contributed by atoms with van der Waals surface area (Å²) in [5, 5.41) is 4.33. The average molecular weight is 242 g/mol. The predicted octanol–water partition coefficient (Wildman–Crippen LogP) is 3.49. The van der Waals surface area contributed by atoms with Crippen LogP contribution in [0.4, 0.5) is 0 Å². The zero-order chi connectivity index (χ0) is 13.0. The summed E-state index contributed by atoms with van der Waals surface area (Å²) < 4.78 is 1.74. The van der Waals surface area contributed by atoms with Gasteiger partial charge in [-0.2, -0.15) is 5.10 Å². The van der Waals surface area contributed by atoms with Crippen molar-refractivity contribution in [3.63, 3.8) is 0 Å². The van der Waals surface area contributed by atoms with Gasteiger partial charge < -0.3 is 0 Å². The van der Waals surface area contributed by atoms with Gasteiger partial charge in [-0.1, -0.05) is 32.0 Å². The second-order valence-corrected chi connectivity index (χ2v) is 4.84. The molecular weight excluding hydrogens is 224 g/mol. The van der Waals surface area contributed by atoms with E-state index in [1.165, 1.54) is 0 Å². The lowest BCUT2D eigenvalue weighted by Gasteiger charge is -2.02. The van der Waals surface area contributed by atoms with E-state index in [2.05, 4.69) is 18.9 Å². The third-order valence-electron chi connectivity index (χ3n) is 2.84. The highest BCUT2D eigenvalue weighted by Crippen LogP contribution is 2.11. The van der Waals surface area contributed by atoms with Gasteiger partial charge in [-0.05, 0) is 30.5 Å². The second kappa shape index (κ2) is 5.63. The number of nitrogens with zero attached hydrogens (tertiary/aromatic N) is 2. The van der Waals surface area contributed by atoms with E-state index in [-0.39, 0.29) is 5.78 Å². The summed E-state index contributed by atoms with van der Waals surface area (Å²) in [4.78, 5) is 11.9. The fourth-order valence-electron chi connectivity index (χ4n) is 1.75. The first-order chi connectivity index (χ1) is 8.66. The number of rotatable bonds is 5. The summed E-state index contributed by atoms with van der Waals surface area (Å²) in [5.74, 6) is 0.670. The number of carbonyl (C=O) groups excluding carboxylic acids is 1. The largest absolute Gasteiger partial charge is 0.292 e. The number of hydrogen-bond donors (Lipinski definition) is 0. The molecule has 0 radical (unpaired) electrons. The molecule has 0 amide bonds. The Morgan fingerprint density at radius 1 is 1.22 bits per heavy atom. The molecule has 0 aliphatic rings. The molecule has 0 aliphatic heterocycles. The number of aromatic nitrogens is 2. The van der Waals surface area contributed by atoms with Gasteiger partial charge in [-0.15, -0.1) is 0 Å². The molecule has 0 spiro atoms. The van der Waals surface area contributed by atoms with Crippen molar-refractivity contribution in [2.24, 2.45) is 5.92 Å². The molecule has 18 heavy (non-hydrogen) atoms. The van der Waals surface area contributed by atoms with Gasteiger partial charge in [-0.3, -0.25) is 4.79 Å². The quantitative estimate of drug-likeness (QED) is 0.752. The predicted molar refractivity (Wildman–Crippen MR) is 72.0 cm³/mol. The fourth-order valence-corrected chi connectivity index (χ4v) is 1.75. The van der Waals surface area contributed by atoms with Crippen LogP contribution in [0.15, 0.2) is 42.6 Å². The summed E-state index contributed by atoms with van der Waals surface area (Å²) in [6.45, 7) is 4.24. The van der Waals surface area contributed by atoms with Gasteiger partial charge in [0.25, 0.3) is 0 Å². The zero-order valence-corrected chi connectivity index (χ0v) is 10.8. The maximum atomic E-state index is 11.9. The van der Waals surface area contributed by atoms with Gasteiger partial charge in [0.2, 0.25) is 0 Å². The topological polar surface area (TPSA) is 34.9 Å². The lowest BCUT2D eigenvalue weighted by Crippen LogP contribution is -2.04. The number of benzene rings is 1. The lowest BCUT2D eigenvalue weighted by atomic mass is 10.0. The Morgan fingerprint density at radius 2 is 1.94 bits per heavy atom. The van der Waals surface area contributed by atoms with E-state index in [9.17, 15) is 4.79 Å². The van der Waals surface area contributed by atoms with Crippen molar-refractivity contribution in [1.29, 1.82) is 0 Å². The van der Waals surface area contributed by atoms with Crippen LogP contribution in [0, 0.1) is 5.92 Å². The van der Waals surface area contributed by atoms with Crippen molar-refractivity contribution in [2.75, 3.05) is 0 Å². The van der Waals surface area contributed by atoms with Gasteiger partial charge in [0.05, 0.1) is 5.69 Å². The smallest absolute Gasteiger partial charge is 0.183 e. The summed E-state index contributed by atoms with van der Waals surface area (Å²) in [5.41, 5.74) is 1.53. The van der Waals surface area contributed by atoms with Crippen molar-refractivity contribution < 1.29 is 4.79 Å². The number of para-hydroxylation sites is 1. The molecule has 0 N–H and O–H groups in total. The summed E-state index contributed by atoms with van der Waals surface area (Å²) in [6.07, 6.45) is 3.32. The van der Waals surface area contributed by atoms with Crippen LogP contribution in [0.1, 0.15) is 37.2 Å². The van der Waals surface area contributed by atoms with Crippen molar-refractivity contribution in [3.05, 3.63) is 48.3 Å². The normalized spacial score (nSPS) is 10.8. The Labute approximate surface area is 107 Å². The van der Waals surface area contributed by atoms with E-state index < -0.39 is 0 Å². The molecular formula is C15H18N2O. The fraction of sp³-hybridized carbons (Fsp3) is 0.333. The molecule has 1 aromatic carbocycles. The maximum Gasteiger partial charge on any atom is 0.183 e. The Balaban J connectivity index is 2.09.